The first-order valence-corrected chi connectivity index (χ1v) is 10.1. The van der Waals surface area contributed by atoms with Crippen LogP contribution in [0, 0.1) is 5.92 Å². The van der Waals surface area contributed by atoms with E-state index < -0.39 is 0 Å². The van der Waals surface area contributed by atoms with Crippen molar-refractivity contribution in [3.8, 4) is 0 Å². The van der Waals surface area contributed by atoms with Gasteiger partial charge in [-0.2, -0.15) is 0 Å². The molecule has 0 aromatic carbocycles. The molecule has 0 fully saturated rings. The van der Waals surface area contributed by atoms with Crippen LogP contribution in [-0.4, -0.2) is 12.6 Å². The van der Waals surface area contributed by atoms with Crippen molar-refractivity contribution < 1.29 is 9.53 Å². The molecule has 0 amide bonds. The van der Waals surface area contributed by atoms with Gasteiger partial charge in [0.2, 0.25) is 0 Å². The van der Waals surface area contributed by atoms with Gasteiger partial charge in [0, 0.05) is 6.42 Å². The Balaban J connectivity index is 3.27. The van der Waals surface area contributed by atoms with Crippen LogP contribution in [0.4, 0.5) is 0 Å². The second-order valence-electron chi connectivity index (χ2n) is 7.06. The summed E-state index contributed by atoms with van der Waals surface area (Å²) in [5.41, 5.74) is 0. The number of ether oxygens (including phenoxy) is 1. The molecule has 0 aliphatic carbocycles. The quantitative estimate of drug-likeness (QED) is 0.172. The van der Waals surface area contributed by atoms with Crippen molar-refractivity contribution in [2.75, 3.05) is 6.61 Å². The second-order valence-corrected chi connectivity index (χ2v) is 7.06. The molecule has 0 radical (unpaired) electrons. The summed E-state index contributed by atoms with van der Waals surface area (Å²) in [6.07, 6.45) is 23.1. The Morgan fingerprint density at radius 2 is 1.42 bits per heavy atom. The Kier molecular flexibility index (Phi) is 17.5. The Labute approximate surface area is 150 Å². The summed E-state index contributed by atoms with van der Waals surface area (Å²) in [6.45, 7) is 6.92. The number of hydrogen-bond acceptors (Lipinski definition) is 2. The number of allylic oxidation sites excluding steroid dienone is 4. The maximum Gasteiger partial charge on any atom is 0.305 e. The van der Waals surface area contributed by atoms with Crippen molar-refractivity contribution in [1.29, 1.82) is 0 Å². The predicted molar refractivity (Wildman–Crippen MR) is 105 cm³/mol. The lowest BCUT2D eigenvalue weighted by Gasteiger charge is -2.06. The van der Waals surface area contributed by atoms with Crippen LogP contribution in [0.25, 0.3) is 0 Å². The summed E-state index contributed by atoms with van der Waals surface area (Å²) in [5.74, 6) is 0.396. The minimum atomic E-state index is -0.0330. The third-order valence-electron chi connectivity index (χ3n) is 3.91. The highest BCUT2D eigenvalue weighted by molar-refractivity contribution is 5.69. The van der Waals surface area contributed by atoms with E-state index in [1.165, 1.54) is 51.4 Å². The summed E-state index contributed by atoms with van der Waals surface area (Å²) in [6, 6.07) is 0. The van der Waals surface area contributed by atoms with Gasteiger partial charge >= 0.3 is 5.97 Å². The first-order chi connectivity index (χ1) is 11.7. The van der Waals surface area contributed by atoms with Crippen molar-refractivity contribution in [3.05, 3.63) is 24.3 Å². The van der Waals surface area contributed by atoms with Crippen LogP contribution in [0.3, 0.4) is 0 Å². The molecule has 140 valence electrons. The van der Waals surface area contributed by atoms with Crippen LogP contribution in [0.2, 0.25) is 0 Å². The van der Waals surface area contributed by atoms with Crippen LogP contribution in [-0.2, 0) is 9.53 Å². The maximum absolute atomic E-state index is 11.4. The molecular weight excluding hydrogens is 296 g/mol. The van der Waals surface area contributed by atoms with E-state index in [1.54, 1.807) is 0 Å². The molecule has 0 aliphatic rings. The molecule has 0 bridgehead atoms. The lowest BCUT2D eigenvalue weighted by Crippen LogP contribution is -2.09. The van der Waals surface area contributed by atoms with Gasteiger partial charge in [0.15, 0.2) is 0 Å². The Morgan fingerprint density at radius 3 is 2.04 bits per heavy atom. The number of hydrogen-bond donors (Lipinski definition) is 0. The van der Waals surface area contributed by atoms with Crippen molar-refractivity contribution in [1.82, 2.24) is 0 Å². The zero-order valence-electron chi connectivity index (χ0n) is 16.4. The minimum absolute atomic E-state index is 0.0330. The Hall–Kier alpha value is -1.05. The molecule has 0 atom stereocenters. The first kappa shape index (κ1) is 22.9. The number of esters is 1. The molecule has 0 rings (SSSR count). The zero-order chi connectivity index (χ0) is 17.9. The summed E-state index contributed by atoms with van der Waals surface area (Å²) in [7, 11) is 0. The van der Waals surface area contributed by atoms with E-state index in [0.717, 1.165) is 19.3 Å². The van der Waals surface area contributed by atoms with Crippen LogP contribution < -0.4 is 0 Å². The van der Waals surface area contributed by atoms with Gasteiger partial charge in [-0.1, -0.05) is 77.2 Å². The van der Waals surface area contributed by atoms with Crippen LogP contribution in [0.15, 0.2) is 24.3 Å². The highest BCUT2D eigenvalue weighted by Gasteiger charge is 2.03. The second kappa shape index (κ2) is 18.3. The normalized spacial score (nSPS) is 11.8. The first-order valence-electron chi connectivity index (χ1n) is 10.1. The highest BCUT2D eigenvalue weighted by atomic mass is 16.5. The lowest BCUT2D eigenvalue weighted by molar-refractivity contribution is -0.144. The largest absolute Gasteiger partial charge is 0.465 e. The molecule has 0 aromatic heterocycles. The van der Waals surface area contributed by atoms with E-state index in [0.29, 0.717) is 18.9 Å². The van der Waals surface area contributed by atoms with E-state index in [9.17, 15) is 4.79 Å². The van der Waals surface area contributed by atoms with Gasteiger partial charge in [-0.25, -0.2) is 0 Å². The average molecular weight is 337 g/mol. The van der Waals surface area contributed by atoms with Gasteiger partial charge in [-0.15, -0.1) is 0 Å². The van der Waals surface area contributed by atoms with E-state index in [1.807, 2.05) is 0 Å². The molecule has 0 unspecified atom stereocenters. The molecule has 0 saturated heterocycles. The Bertz CT molecular complexity index is 329. The molecule has 0 aliphatic heterocycles. The topological polar surface area (TPSA) is 26.3 Å². The zero-order valence-corrected chi connectivity index (χ0v) is 16.4. The van der Waals surface area contributed by atoms with Crippen LogP contribution in [0.5, 0.6) is 0 Å². The van der Waals surface area contributed by atoms with Crippen molar-refractivity contribution in [2.24, 2.45) is 5.92 Å². The summed E-state index contributed by atoms with van der Waals surface area (Å²) < 4.78 is 5.17. The molecule has 2 heteroatoms. The van der Waals surface area contributed by atoms with Crippen molar-refractivity contribution in [3.63, 3.8) is 0 Å². The number of carbonyl (C=O) groups is 1. The molecule has 0 heterocycles. The van der Waals surface area contributed by atoms with Gasteiger partial charge in [0.1, 0.15) is 0 Å². The van der Waals surface area contributed by atoms with Crippen molar-refractivity contribution >= 4 is 5.97 Å². The predicted octanol–water partition coefficient (Wildman–Crippen LogP) is 7.00. The molecule has 0 aromatic rings. The minimum Gasteiger partial charge on any atom is -0.465 e. The van der Waals surface area contributed by atoms with E-state index in [-0.39, 0.29) is 5.97 Å². The molecule has 0 spiro atoms. The number of rotatable bonds is 16. The van der Waals surface area contributed by atoms with Crippen molar-refractivity contribution in [2.45, 2.75) is 97.8 Å². The maximum atomic E-state index is 11.4. The fraction of sp³-hybridized carbons (Fsp3) is 0.773. The van der Waals surface area contributed by atoms with Gasteiger partial charge in [0.05, 0.1) is 6.61 Å². The standard InChI is InChI=1S/C22H40O2/c1-4-5-6-7-8-9-10-11-12-13-14-15-16-17-18-19-22(23)24-20-21(2)3/h8-9,11-12,21H,4-7,10,13-20H2,1-3H3/b9-8-,12-11+. The molecule has 0 N–H and O–H groups in total. The highest BCUT2D eigenvalue weighted by Crippen LogP contribution is 2.09. The van der Waals surface area contributed by atoms with Gasteiger partial charge in [-0.05, 0) is 44.4 Å². The average Bonchev–Trinajstić information content (AvgIpc) is 2.56. The Morgan fingerprint density at radius 1 is 0.833 bits per heavy atom. The third-order valence-corrected chi connectivity index (χ3v) is 3.91. The fourth-order valence-electron chi connectivity index (χ4n) is 2.41. The lowest BCUT2D eigenvalue weighted by atomic mass is 10.1. The van der Waals surface area contributed by atoms with E-state index in [2.05, 4.69) is 45.1 Å². The van der Waals surface area contributed by atoms with Crippen LogP contribution in [0.1, 0.15) is 97.8 Å². The number of carbonyl (C=O) groups excluding carboxylic acids is 1. The third kappa shape index (κ3) is 19.0. The van der Waals surface area contributed by atoms with E-state index in [4.69, 9.17) is 4.74 Å². The number of unbranched alkanes of at least 4 members (excludes halogenated alkanes) is 8. The molecular formula is C22H40O2. The SMILES string of the molecule is CCCCC/C=C\C/C=C/CCCCCCCC(=O)OCC(C)C. The molecule has 0 saturated carbocycles. The van der Waals surface area contributed by atoms with Gasteiger partial charge in [-0.3, -0.25) is 4.79 Å². The summed E-state index contributed by atoms with van der Waals surface area (Å²) in [4.78, 5) is 11.4. The van der Waals surface area contributed by atoms with E-state index >= 15 is 0 Å². The fourth-order valence-corrected chi connectivity index (χ4v) is 2.41. The van der Waals surface area contributed by atoms with Gasteiger partial charge < -0.3 is 4.74 Å². The summed E-state index contributed by atoms with van der Waals surface area (Å²) >= 11 is 0. The monoisotopic (exact) mass is 336 g/mol. The summed E-state index contributed by atoms with van der Waals surface area (Å²) in [5, 5.41) is 0. The smallest absolute Gasteiger partial charge is 0.305 e. The van der Waals surface area contributed by atoms with Crippen LogP contribution >= 0.6 is 0 Å². The molecule has 2 nitrogen and oxygen atoms in total. The van der Waals surface area contributed by atoms with Gasteiger partial charge in [0.25, 0.3) is 0 Å². The molecule has 24 heavy (non-hydrogen) atoms.